The van der Waals surface area contributed by atoms with Crippen LogP contribution in [0.1, 0.15) is 56.9 Å². The van der Waals surface area contributed by atoms with Crippen LogP contribution in [-0.2, 0) is 0 Å². The molecule has 2 saturated carbocycles. The minimum absolute atomic E-state index is 0.673. The van der Waals surface area contributed by atoms with Gasteiger partial charge < -0.3 is 5.32 Å². The molecule has 2 unspecified atom stereocenters. The zero-order valence-electron chi connectivity index (χ0n) is 12.4. The molecular weight excluding hydrogens is 266 g/mol. The van der Waals surface area contributed by atoms with Crippen molar-refractivity contribution in [3.05, 3.63) is 34.9 Å². The Morgan fingerprint density at radius 3 is 2.70 bits per heavy atom. The topological polar surface area (TPSA) is 12.0 Å². The minimum atomic E-state index is 0.673. The van der Waals surface area contributed by atoms with E-state index in [1.807, 2.05) is 12.1 Å². The van der Waals surface area contributed by atoms with Gasteiger partial charge in [0.25, 0.3) is 0 Å². The highest BCUT2D eigenvalue weighted by atomic mass is 35.5. The SMILES string of the molecule is CC1CCCC(CNC2CC(c3ccccc3Cl)C2)C1. The van der Waals surface area contributed by atoms with Gasteiger partial charge in [0.15, 0.2) is 0 Å². The molecule has 0 bridgehead atoms. The average molecular weight is 292 g/mol. The Hall–Kier alpha value is -0.530. The van der Waals surface area contributed by atoms with E-state index in [1.54, 1.807) is 0 Å². The molecule has 2 fully saturated rings. The van der Waals surface area contributed by atoms with Gasteiger partial charge in [-0.2, -0.15) is 0 Å². The van der Waals surface area contributed by atoms with Crippen LogP contribution in [0.5, 0.6) is 0 Å². The Morgan fingerprint density at radius 2 is 1.95 bits per heavy atom. The number of hydrogen-bond donors (Lipinski definition) is 1. The maximum absolute atomic E-state index is 6.27. The van der Waals surface area contributed by atoms with Crippen molar-refractivity contribution in [3.8, 4) is 0 Å². The predicted molar refractivity (Wildman–Crippen MR) is 86.3 cm³/mol. The second-order valence-corrected chi connectivity index (χ2v) is 7.34. The summed E-state index contributed by atoms with van der Waals surface area (Å²) in [6, 6.07) is 9.04. The molecule has 0 amide bonds. The van der Waals surface area contributed by atoms with E-state index in [9.17, 15) is 0 Å². The normalized spacial score (nSPS) is 33.7. The standard InChI is InChI=1S/C18H26ClN/c1-13-5-4-6-14(9-13)12-20-16-10-15(11-16)17-7-2-3-8-18(17)19/h2-3,7-8,13-16,20H,4-6,9-12H2,1H3. The molecule has 0 heterocycles. The van der Waals surface area contributed by atoms with Crippen LogP contribution in [0.25, 0.3) is 0 Å². The molecule has 0 aromatic heterocycles. The van der Waals surface area contributed by atoms with Gasteiger partial charge in [0.2, 0.25) is 0 Å². The summed E-state index contributed by atoms with van der Waals surface area (Å²) in [4.78, 5) is 0. The molecule has 1 aromatic rings. The van der Waals surface area contributed by atoms with Crippen LogP contribution in [0.4, 0.5) is 0 Å². The smallest absolute Gasteiger partial charge is 0.0440 e. The van der Waals surface area contributed by atoms with Crippen LogP contribution < -0.4 is 5.32 Å². The molecule has 2 atom stereocenters. The average Bonchev–Trinajstić information content (AvgIpc) is 2.39. The van der Waals surface area contributed by atoms with Crippen LogP contribution in [-0.4, -0.2) is 12.6 Å². The first-order chi connectivity index (χ1) is 9.72. The van der Waals surface area contributed by atoms with Crippen LogP contribution in [0.3, 0.4) is 0 Å². The maximum atomic E-state index is 6.27. The van der Waals surface area contributed by atoms with Crippen molar-refractivity contribution in [2.75, 3.05) is 6.54 Å². The molecule has 110 valence electrons. The lowest BCUT2D eigenvalue weighted by atomic mass is 9.75. The van der Waals surface area contributed by atoms with Crippen molar-refractivity contribution in [3.63, 3.8) is 0 Å². The third-order valence-electron chi connectivity index (χ3n) is 5.22. The van der Waals surface area contributed by atoms with Crippen LogP contribution in [0, 0.1) is 11.8 Å². The molecule has 2 heteroatoms. The summed E-state index contributed by atoms with van der Waals surface area (Å²) >= 11 is 6.27. The van der Waals surface area contributed by atoms with E-state index in [4.69, 9.17) is 11.6 Å². The molecule has 1 N–H and O–H groups in total. The van der Waals surface area contributed by atoms with E-state index >= 15 is 0 Å². The number of halogens is 1. The minimum Gasteiger partial charge on any atom is -0.314 e. The summed E-state index contributed by atoms with van der Waals surface area (Å²) in [5.74, 6) is 2.53. The maximum Gasteiger partial charge on any atom is 0.0440 e. The van der Waals surface area contributed by atoms with E-state index in [-0.39, 0.29) is 0 Å². The van der Waals surface area contributed by atoms with Gasteiger partial charge in [-0.05, 0) is 61.6 Å². The molecule has 2 aliphatic rings. The summed E-state index contributed by atoms with van der Waals surface area (Å²) < 4.78 is 0. The Bertz CT molecular complexity index is 439. The number of hydrogen-bond acceptors (Lipinski definition) is 1. The van der Waals surface area contributed by atoms with Crippen molar-refractivity contribution in [1.82, 2.24) is 5.32 Å². The molecule has 0 radical (unpaired) electrons. The quantitative estimate of drug-likeness (QED) is 0.823. The van der Waals surface area contributed by atoms with Gasteiger partial charge in [0.1, 0.15) is 0 Å². The highest BCUT2D eigenvalue weighted by molar-refractivity contribution is 6.31. The van der Waals surface area contributed by atoms with Crippen molar-refractivity contribution in [2.24, 2.45) is 11.8 Å². The van der Waals surface area contributed by atoms with Crippen molar-refractivity contribution in [1.29, 1.82) is 0 Å². The second kappa shape index (κ2) is 6.49. The Kier molecular flexibility index (Phi) is 4.68. The summed E-state index contributed by atoms with van der Waals surface area (Å²) in [5, 5.41) is 4.73. The lowest BCUT2D eigenvalue weighted by Crippen LogP contribution is -2.42. The summed E-state index contributed by atoms with van der Waals surface area (Å²) in [7, 11) is 0. The molecular formula is C18H26ClN. The zero-order chi connectivity index (χ0) is 13.9. The van der Waals surface area contributed by atoms with Gasteiger partial charge in [-0.3, -0.25) is 0 Å². The molecule has 1 nitrogen and oxygen atoms in total. The monoisotopic (exact) mass is 291 g/mol. The lowest BCUT2D eigenvalue weighted by Gasteiger charge is -2.38. The van der Waals surface area contributed by atoms with Gasteiger partial charge in [0, 0.05) is 11.1 Å². The number of nitrogens with one attached hydrogen (secondary N) is 1. The van der Waals surface area contributed by atoms with E-state index < -0.39 is 0 Å². The van der Waals surface area contributed by atoms with Gasteiger partial charge in [-0.15, -0.1) is 0 Å². The molecule has 3 rings (SSSR count). The molecule has 20 heavy (non-hydrogen) atoms. The fourth-order valence-electron chi connectivity index (χ4n) is 3.92. The first-order valence-electron chi connectivity index (χ1n) is 8.20. The van der Waals surface area contributed by atoms with Gasteiger partial charge in [-0.25, -0.2) is 0 Å². The predicted octanol–water partition coefficient (Wildman–Crippen LogP) is 5.00. The highest BCUT2D eigenvalue weighted by Crippen LogP contribution is 2.40. The van der Waals surface area contributed by atoms with E-state index in [2.05, 4.69) is 24.4 Å². The summed E-state index contributed by atoms with van der Waals surface area (Å²) in [6.45, 7) is 3.63. The fourth-order valence-corrected chi connectivity index (χ4v) is 4.21. The van der Waals surface area contributed by atoms with E-state index in [0.29, 0.717) is 12.0 Å². The second-order valence-electron chi connectivity index (χ2n) is 6.93. The van der Waals surface area contributed by atoms with Crippen LogP contribution >= 0.6 is 11.6 Å². The molecule has 0 saturated heterocycles. The van der Waals surface area contributed by atoms with Crippen LogP contribution in [0.15, 0.2) is 24.3 Å². The highest BCUT2D eigenvalue weighted by Gasteiger charge is 2.31. The zero-order valence-corrected chi connectivity index (χ0v) is 13.2. The Balaban J connectivity index is 1.41. The van der Waals surface area contributed by atoms with Crippen LogP contribution in [0.2, 0.25) is 5.02 Å². The summed E-state index contributed by atoms with van der Waals surface area (Å²) in [5.41, 5.74) is 1.35. The fraction of sp³-hybridized carbons (Fsp3) is 0.667. The third-order valence-corrected chi connectivity index (χ3v) is 5.57. The van der Waals surface area contributed by atoms with Gasteiger partial charge in [-0.1, -0.05) is 49.6 Å². The largest absolute Gasteiger partial charge is 0.314 e. The third kappa shape index (κ3) is 3.38. The summed E-state index contributed by atoms with van der Waals surface area (Å²) in [6.07, 6.45) is 8.23. The van der Waals surface area contributed by atoms with E-state index in [1.165, 1.54) is 50.6 Å². The molecule has 2 aliphatic carbocycles. The lowest BCUT2D eigenvalue weighted by molar-refractivity contribution is 0.232. The first-order valence-corrected chi connectivity index (χ1v) is 8.58. The van der Waals surface area contributed by atoms with Gasteiger partial charge >= 0.3 is 0 Å². The molecule has 0 aliphatic heterocycles. The van der Waals surface area contributed by atoms with Crippen molar-refractivity contribution in [2.45, 2.75) is 57.4 Å². The Morgan fingerprint density at radius 1 is 1.15 bits per heavy atom. The number of rotatable bonds is 4. The Labute approximate surface area is 128 Å². The molecule has 1 aromatic carbocycles. The van der Waals surface area contributed by atoms with Crippen molar-refractivity contribution >= 4 is 11.6 Å². The number of benzene rings is 1. The van der Waals surface area contributed by atoms with Crippen molar-refractivity contribution < 1.29 is 0 Å². The van der Waals surface area contributed by atoms with Gasteiger partial charge in [0.05, 0.1) is 0 Å². The first kappa shape index (κ1) is 14.4. The van der Waals surface area contributed by atoms with E-state index in [0.717, 1.165) is 16.9 Å². The molecule has 0 spiro atoms.